The van der Waals surface area contributed by atoms with Crippen molar-refractivity contribution in [2.24, 2.45) is 0 Å². The van der Waals surface area contributed by atoms with Crippen LogP contribution in [0.5, 0.6) is 0 Å². The third-order valence-corrected chi connectivity index (χ3v) is 2.73. The van der Waals surface area contributed by atoms with Crippen LogP contribution in [-0.4, -0.2) is 21.0 Å². The lowest BCUT2D eigenvalue weighted by atomic mass is 10.1. The van der Waals surface area contributed by atoms with Gasteiger partial charge in [-0.25, -0.2) is 14.8 Å². The van der Waals surface area contributed by atoms with Crippen LogP contribution in [0.15, 0.2) is 30.5 Å². The molecule has 20 heavy (non-hydrogen) atoms. The van der Waals surface area contributed by atoms with Gasteiger partial charge in [0.2, 0.25) is 0 Å². The molecule has 4 nitrogen and oxygen atoms in total. The molecule has 0 aliphatic heterocycles. The van der Waals surface area contributed by atoms with Crippen molar-refractivity contribution in [3.05, 3.63) is 46.7 Å². The van der Waals surface area contributed by atoms with Crippen molar-refractivity contribution < 1.29 is 23.1 Å². The molecule has 0 aliphatic rings. The van der Waals surface area contributed by atoms with Crippen LogP contribution in [0.4, 0.5) is 13.2 Å². The number of aromatic carboxylic acids is 1. The van der Waals surface area contributed by atoms with E-state index in [4.69, 9.17) is 16.7 Å². The van der Waals surface area contributed by atoms with E-state index in [9.17, 15) is 18.0 Å². The normalized spacial score (nSPS) is 11.4. The highest BCUT2D eigenvalue weighted by Gasteiger charge is 2.32. The molecule has 0 saturated heterocycles. The summed E-state index contributed by atoms with van der Waals surface area (Å²) in [5.74, 6) is -1.51. The van der Waals surface area contributed by atoms with Gasteiger partial charge in [0.05, 0.1) is 10.6 Å². The molecule has 1 aromatic carbocycles. The average molecular weight is 303 g/mol. The second-order valence-corrected chi connectivity index (χ2v) is 4.17. The Hall–Kier alpha value is -2.15. The molecule has 0 radical (unpaired) electrons. The Morgan fingerprint density at radius 2 is 1.95 bits per heavy atom. The Labute approximate surface area is 115 Å². The van der Waals surface area contributed by atoms with E-state index in [1.165, 1.54) is 12.1 Å². The molecule has 0 bridgehead atoms. The van der Waals surface area contributed by atoms with Gasteiger partial charge in [-0.3, -0.25) is 0 Å². The van der Waals surface area contributed by atoms with Crippen molar-refractivity contribution >= 4 is 17.6 Å². The summed E-state index contributed by atoms with van der Waals surface area (Å²) >= 11 is 5.68. The van der Waals surface area contributed by atoms with Crippen LogP contribution in [0.2, 0.25) is 5.02 Å². The fourth-order valence-electron chi connectivity index (χ4n) is 1.48. The van der Waals surface area contributed by atoms with E-state index in [2.05, 4.69) is 9.97 Å². The van der Waals surface area contributed by atoms with E-state index in [1.807, 2.05) is 0 Å². The van der Waals surface area contributed by atoms with Crippen LogP contribution in [0, 0.1) is 0 Å². The van der Waals surface area contributed by atoms with E-state index < -0.39 is 17.8 Å². The molecule has 2 aromatic rings. The number of halogens is 4. The lowest BCUT2D eigenvalue weighted by Crippen LogP contribution is -2.09. The molecule has 0 aliphatic carbocycles. The van der Waals surface area contributed by atoms with Crippen LogP contribution < -0.4 is 0 Å². The number of hydrogen-bond donors (Lipinski definition) is 1. The zero-order valence-electron chi connectivity index (χ0n) is 9.65. The van der Waals surface area contributed by atoms with E-state index in [0.29, 0.717) is 0 Å². The molecule has 104 valence electrons. The quantitative estimate of drug-likeness (QED) is 0.922. The largest absolute Gasteiger partial charge is 0.478 e. The van der Waals surface area contributed by atoms with Gasteiger partial charge in [0.1, 0.15) is 5.69 Å². The Balaban J connectivity index is 2.52. The van der Waals surface area contributed by atoms with Crippen LogP contribution in [0.1, 0.15) is 16.1 Å². The van der Waals surface area contributed by atoms with Gasteiger partial charge in [0.25, 0.3) is 0 Å². The fourth-order valence-corrected chi connectivity index (χ4v) is 1.68. The second-order valence-electron chi connectivity index (χ2n) is 3.76. The molecule has 8 heteroatoms. The summed E-state index contributed by atoms with van der Waals surface area (Å²) in [5.41, 5.74) is -1.20. The zero-order chi connectivity index (χ0) is 14.9. The summed E-state index contributed by atoms with van der Waals surface area (Å²) in [6.07, 6.45) is -3.64. The topological polar surface area (TPSA) is 63.1 Å². The molecule has 0 spiro atoms. The van der Waals surface area contributed by atoms with Gasteiger partial charge in [0.15, 0.2) is 5.82 Å². The average Bonchev–Trinajstić information content (AvgIpc) is 2.38. The molecule has 0 unspecified atom stereocenters. The maximum absolute atomic E-state index is 12.5. The second kappa shape index (κ2) is 5.09. The molecule has 0 saturated carbocycles. The van der Waals surface area contributed by atoms with Gasteiger partial charge in [-0.05, 0) is 24.3 Å². The Kier molecular flexibility index (Phi) is 3.63. The molecular formula is C12H6ClF3N2O2. The monoisotopic (exact) mass is 302 g/mol. The number of aromatic nitrogens is 2. The number of nitrogens with zero attached hydrogens (tertiary/aromatic N) is 2. The summed E-state index contributed by atoms with van der Waals surface area (Å²) in [5, 5.41) is 8.90. The van der Waals surface area contributed by atoms with Gasteiger partial charge in [-0.1, -0.05) is 11.6 Å². The molecule has 0 amide bonds. The molecule has 0 atom stereocenters. The van der Waals surface area contributed by atoms with Crippen molar-refractivity contribution in [1.29, 1.82) is 0 Å². The van der Waals surface area contributed by atoms with Crippen LogP contribution >= 0.6 is 11.6 Å². The standard InChI is InChI=1S/C12H6ClF3N2O2/c13-8-2-1-6(5-7(8)11(19)20)10-17-4-3-9(18-10)12(14,15)16/h1-5H,(H,19,20). The highest BCUT2D eigenvalue weighted by molar-refractivity contribution is 6.33. The zero-order valence-corrected chi connectivity index (χ0v) is 10.4. The predicted octanol–water partition coefficient (Wildman–Crippen LogP) is 3.51. The predicted molar refractivity (Wildman–Crippen MR) is 64.4 cm³/mol. The van der Waals surface area contributed by atoms with Gasteiger partial charge < -0.3 is 5.11 Å². The number of alkyl halides is 3. The van der Waals surface area contributed by atoms with E-state index in [0.717, 1.165) is 18.3 Å². The van der Waals surface area contributed by atoms with Crippen LogP contribution in [0.3, 0.4) is 0 Å². The number of carboxylic acids is 1. The minimum atomic E-state index is -4.60. The Morgan fingerprint density at radius 3 is 2.55 bits per heavy atom. The van der Waals surface area contributed by atoms with E-state index in [1.54, 1.807) is 0 Å². The number of carboxylic acid groups (broad SMARTS) is 1. The molecule has 0 fully saturated rings. The molecule has 1 N–H and O–H groups in total. The minimum Gasteiger partial charge on any atom is -0.478 e. The molecule has 1 heterocycles. The third-order valence-electron chi connectivity index (χ3n) is 2.40. The third kappa shape index (κ3) is 2.88. The molecule has 1 aromatic heterocycles. The Morgan fingerprint density at radius 1 is 1.25 bits per heavy atom. The van der Waals surface area contributed by atoms with Crippen LogP contribution in [-0.2, 0) is 6.18 Å². The minimum absolute atomic E-state index is 0.0202. The first-order valence-electron chi connectivity index (χ1n) is 5.22. The number of hydrogen-bond acceptors (Lipinski definition) is 3. The molecule has 2 rings (SSSR count). The molecular weight excluding hydrogens is 297 g/mol. The van der Waals surface area contributed by atoms with Crippen molar-refractivity contribution in [3.63, 3.8) is 0 Å². The van der Waals surface area contributed by atoms with Gasteiger partial charge in [0, 0.05) is 11.8 Å². The first-order chi connectivity index (χ1) is 9.29. The maximum Gasteiger partial charge on any atom is 0.433 e. The number of benzene rings is 1. The summed E-state index contributed by atoms with van der Waals surface area (Å²) in [6, 6.07) is 4.48. The summed E-state index contributed by atoms with van der Waals surface area (Å²) in [7, 11) is 0. The van der Waals surface area contributed by atoms with Gasteiger partial charge >= 0.3 is 12.1 Å². The fraction of sp³-hybridized carbons (Fsp3) is 0.0833. The lowest BCUT2D eigenvalue weighted by Gasteiger charge is -2.08. The van der Waals surface area contributed by atoms with Crippen molar-refractivity contribution in [2.75, 3.05) is 0 Å². The first kappa shape index (κ1) is 14.3. The number of rotatable bonds is 2. The van der Waals surface area contributed by atoms with E-state index >= 15 is 0 Å². The van der Waals surface area contributed by atoms with Crippen LogP contribution in [0.25, 0.3) is 11.4 Å². The summed E-state index contributed by atoms with van der Waals surface area (Å²) < 4.78 is 37.6. The smallest absolute Gasteiger partial charge is 0.433 e. The van der Waals surface area contributed by atoms with Gasteiger partial charge in [-0.15, -0.1) is 0 Å². The maximum atomic E-state index is 12.5. The van der Waals surface area contributed by atoms with E-state index in [-0.39, 0.29) is 22.0 Å². The summed E-state index contributed by atoms with van der Waals surface area (Å²) in [4.78, 5) is 18.0. The van der Waals surface area contributed by atoms with Crippen molar-refractivity contribution in [3.8, 4) is 11.4 Å². The van der Waals surface area contributed by atoms with Crippen molar-refractivity contribution in [2.45, 2.75) is 6.18 Å². The van der Waals surface area contributed by atoms with Crippen molar-refractivity contribution in [1.82, 2.24) is 9.97 Å². The lowest BCUT2D eigenvalue weighted by molar-refractivity contribution is -0.141. The van der Waals surface area contributed by atoms with Gasteiger partial charge in [-0.2, -0.15) is 13.2 Å². The SMILES string of the molecule is O=C(O)c1cc(-c2nccc(C(F)(F)F)n2)ccc1Cl. The summed E-state index contributed by atoms with van der Waals surface area (Å²) in [6.45, 7) is 0. The Bertz CT molecular complexity index is 674. The highest BCUT2D eigenvalue weighted by atomic mass is 35.5. The first-order valence-corrected chi connectivity index (χ1v) is 5.60. The number of carbonyl (C=O) groups is 1. The highest BCUT2D eigenvalue weighted by Crippen LogP contribution is 2.29.